The average Bonchev–Trinajstić information content (AvgIpc) is 2.92. The molecule has 45 heavy (non-hydrogen) atoms. The first-order valence-electron chi connectivity index (χ1n) is 16.5. The highest BCUT2D eigenvalue weighted by atomic mass is 19.1. The monoisotopic (exact) mass is 615 g/mol. The van der Waals surface area contributed by atoms with Gasteiger partial charge in [-0.25, -0.2) is 4.39 Å². The molecular weight excluding hydrogens is 557 g/mol. The minimum Gasteiger partial charge on any atom is -0.504 e. The molecule has 0 radical (unpaired) electrons. The summed E-state index contributed by atoms with van der Waals surface area (Å²) in [6.07, 6.45) is 2.28. The van der Waals surface area contributed by atoms with Gasteiger partial charge in [-0.1, -0.05) is 146 Å². The van der Waals surface area contributed by atoms with Gasteiger partial charge in [-0.2, -0.15) is 0 Å². The lowest BCUT2D eigenvalue weighted by molar-refractivity contribution is 0.0325. The first-order valence-corrected chi connectivity index (χ1v) is 16.5. The zero-order chi connectivity index (χ0) is 34.3. The lowest BCUT2D eigenvalue weighted by Gasteiger charge is -2.41. The third-order valence-electron chi connectivity index (χ3n) is 9.21. The third kappa shape index (κ3) is 8.06. The fourth-order valence-corrected chi connectivity index (χ4v) is 5.62. The van der Waals surface area contributed by atoms with E-state index in [2.05, 4.69) is 133 Å². The van der Waals surface area contributed by atoms with Crippen molar-refractivity contribution in [3.63, 3.8) is 0 Å². The van der Waals surface area contributed by atoms with Crippen molar-refractivity contribution < 1.29 is 14.6 Å². The fourth-order valence-electron chi connectivity index (χ4n) is 5.62. The van der Waals surface area contributed by atoms with Gasteiger partial charge in [0, 0.05) is 11.8 Å². The van der Waals surface area contributed by atoms with E-state index in [0.717, 1.165) is 39.8 Å². The Hall–Kier alpha value is -2.98. The van der Waals surface area contributed by atoms with Crippen LogP contribution >= 0.6 is 0 Å². The Kier molecular flexibility index (Phi) is 10.3. The normalized spacial score (nSPS) is 15.0. The summed E-state index contributed by atoms with van der Waals surface area (Å²) in [6.45, 7) is 30.6. The van der Waals surface area contributed by atoms with Crippen molar-refractivity contribution in [2.24, 2.45) is 10.9 Å². The molecule has 0 saturated heterocycles. The first-order chi connectivity index (χ1) is 20.4. The van der Waals surface area contributed by atoms with Crippen molar-refractivity contribution >= 4 is 6.21 Å². The van der Waals surface area contributed by atoms with E-state index in [4.69, 9.17) is 4.99 Å². The number of hydrogen-bond donors (Lipinski definition) is 2. The van der Waals surface area contributed by atoms with Gasteiger partial charge in [0.25, 0.3) is 0 Å². The van der Waals surface area contributed by atoms with Crippen LogP contribution in [0.2, 0.25) is 0 Å². The molecular formula is C41H58FNO2. The van der Waals surface area contributed by atoms with Gasteiger partial charge in [-0.3, -0.25) is 4.99 Å². The first kappa shape index (κ1) is 36.5. The number of aromatic hydroxyl groups is 1. The maximum Gasteiger partial charge on any atom is 0.165 e. The molecule has 0 amide bonds. The Morgan fingerprint density at radius 2 is 1.02 bits per heavy atom. The zero-order valence-electron chi connectivity index (χ0n) is 30.4. The van der Waals surface area contributed by atoms with Gasteiger partial charge in [0.1, 0.15) is 5.60 Å². The van der Waals surface area contributed by atoms with Crippen LogP contribution < -0.4 is 0 Å². The number of phenols is 1. The van der Waals surface area contributed by atoms with Crippen LogP contribution in [0.4, 0.5) is 4.39 Å². The number of hydrogen-bond acceptors (Lipinski definition) is 3. The molecule has 3 aromatic rings. The van der Waals surface area contributed by atoms with Gasteiger partial charge >= 0.3 is 0 Å². The third-order valence-corrected chi connectivity index (χ3v) is 9.21. The fraction of sp³-hybridized carbons (Fsp3) is 0.537. The summed E-state index contributed by atoms with van der Waals surface area (Å²) in [4.78, 5) is 5.06. The number of rotatable bonds is 7. The van der Waals surface area contributed by atoms with Crippen molar-refractivity contribution in [3.8, 4) is 5.75 Å². The summed E-state index contributed by atoms with van der Waals surface area (Å²) >= 11 is 0. The molecule has 2 N–H and O–H groups in total. The largest absolute Gasteiger partial charge is 0.504 e. The van der Waals surface area contributed by atoms with Gasteiger partial charge < -0.3 is 10.2 Å². The number of halogens is 1. The number of nitrogens with zero attached hydrogens (tertiary/aromatic N) is 1. The number of benzene rings is 3. The van der Waals surface area contributed by atoms with Crippen molar-refractivity contribution in [2.75, 3.05) is 0 Å². The molecule has 0 saturated carbocycles. The Morgan fingerprint density at radius 3 is 1.36 bits per heavy atom. The smallest absolute Gasteiger partial charge is 0.165 e. The van der Waals surface area contributed by atoms with E-state index in [9.17, 15) is 14.6 Å². The van der Waals surface area contributed by atoms with E-state index in [1.54, 1.807) is 12.1 Å². The predicted octanol–water partition coefficient (Wildman–Crippen LogP) is 10.5. The van der Waals surface area contributed by atoms with Gasteiger partial charge in [0.15, 0.2) is 11.6 Å². The minimum absolute atomic E-state index is 0.0605. The van der Waals surface area contributed by atoms with E-state index < -0.39 is 23.2 Å². The molecule has 3 aromatic carbocycles. The van der Waals surface area contributed by atoms with E-state index in [0.29, 0.717) is 0 Å². The van der Waals surface area contributed by atoms with Crippen LogP contribution in [0.5, 0.6) is 5.75 Å². The maximum atomic E-state index is 14.4. The highest BCUT2D eigenvalue weighted by molar-refractivity contribution is 5.83. The summed E-state index contributed by atoms with van der Waals surface area (Å²) in [5.41, 5.74) is 4.22. The highest BCUT2D eigenvalue weighted by Gasteiger charge is 2.45. The second-order valence-corrected chi connectivity index (χ2v) is 17.2. The molecule has 246 valence electrons. The van der Waals surface area contributed by atoms with Crippen molar-refractivity contribution in [1.29, 1.82) is 0 Å². The highest BCUT2D eigenvalue weighted by Crippen LogP contribution is 2.44. The number of para-hydroxylation sites is 1. The zero-order valence-corrected chi connectivity index (χ0v) is 30.4. The van der Waals surface area contributed by atoms with E-state index in [1.807, 2.05) is 0 Å². The second-order valence-electron chi connectivity index (χ2n) is 17.2. The molecule has 0 aliphatic rings. The Balaban J connectivity index is 2.56. The number of aliphatic imine (C=N–C) groups is 1. The Bertz CT molecular complexity index is 1380. The van der Waals surface area contributed by atoms with Crippen LogP contribution in [0, 0.1) is 11.7 Å². The van der Waals surface area contributed by atoms with Crippen LogP contribution in [0.1, 0.15) is 142 Å². The van der Waals surface area contributed by atoms with Gasteiger partial charge in [-0.05, 0) is 73.1 Å². The van der Waals surface area contributed by atoms with Crippen LogP contribution in [0.3, 0.4) is 0 Å². The van der Waals surface area contributed by atoms with Crippen LogP contribution in [0.15, 0.2) is 59.6 Å². The van der Waals surface area contributed by atoms with E-state index >= 15 is 0 Å². The standard InChI is InChI=1S/C41H58FNO2/c1-15-26(2)36(43-25-27-17-16-18-34(42)35(27)44)41(45,32-21-28(37(3,4)5)19-29(22-32)38(6,7)8)33-23-30(39(9,10)11)20-31(24-33)40(12,13)14/h16-26,36,44-45H,15H2,1-14H3. The second kappa shape index (κ2) is 12.7. The molecule has 4 heteroatoms. The maximum absolute atomic E-state index is 14.4. The SMILES string of the molecule is CCC(C)C(N=Cc1cccc(F)c1O)C(O)(c1cc(C(C)(C)C)cc(C(C)(C)C)c1)c1cc(C(C)(C)C)cc(C(C)(C)C)c1. The molecule has 0 bridgehead atoms. The lowest BCUT2D eigenvalue weighted by atomic mass is 9.69. The quantitative estimate of drug-likeness (QED) is 0.260. The van der Waals surface area contributed by atoms with Gasteiger partial charge in [0.05, 0.1) is 6.04 Å². The van der Waals surface area contributed by atoms with Gasteiger partial charge in [0.2, 0.25) is 0 Å². The molecule has 2 unspecified atom stereocenters. The summed E-state index contributed by atoms with van der Waals surface area (Å²) < 4.78 is 14.4. The molecule has 0 fully saturated rings. The molecule has 3 rings (SSSR count). The van der Waals surface area contributed by atoms with Crippen LogP contribution in [-0.4, -0.2) is 22.5 Å². The molecule has 0 aliphatic heterocycles. The topological polar surface area (TPSA) is 52.8 Å². The molecule has 0 aliphatic carbocycles. The Morgan fingerprint density at radius 1 is 0.667 bits per heavy atom. The average molecular weight is 616 g/mol. The summed E-state index contributed by atoms with van der Waals surface area (Å²) in [5.74, 6) is -1.20. The van der Waals surface area contributed by atoms with E-state index in [1.165, 1.54) is 12.3 Å². The van der Waals surface area contributed by atoms with Gasteiger partial charge in [-0.15, -0.1) is 0 Å². The summed E-state index contributed by atoms with van der Waals surface area (Å²) in [6, 6.07) is 16.9. The predicted molar refractivity (Wildman–Crippen MR) is 190 cm³/mol. The number of phenolic OH excluding ortho intramolecular Hbond substituents is 1. The summed E-state index contributed by atoms with van der Waals surface area (Å²) in [5, 5.41) is 24.1. The number of aliphatic hydroxyl groups is 1. The van der Waals surface area contributed by atoms with Crippen molar-refractivity contribution in [1.82, 2.24) is 0 Å². The minimum atomic E-state index is -1.54. The van der Waals surface area contributed by atoms with Crippen LogP contribution in [0.25, 0.3) is 0 Å². The van der Waals surface area contributed by atoms with Crippen molar-refractivity contribution in [3.05, 3.63) is 99.4 Å². The lowest BCUT2D eigenvalue weighted by Crippen LogP contribution is -2.44. The Labute approximate surface area is 273 Å². The molecule has 0 spiro atoms. The van der Waals surface area contributed by atoms with E-state index in [-0.39, 0.29) is 33.1 Å². The summed E-state index contributed by atoms with van der Waals surface area (Å²) in [7, 11) is 0. The molecule has 0 aromatic heterocycles. The van der Waals surface area contributed by atoms with Crippen molar-refractivity contribution in [2.45, 2.75) is 137 Å². The molecule has 0 heterocycles. The van der Waals surface area contributed by atoms with Crippen LogP contribution in [-0.2, 0) is 27.3 Å². The molecule has 3 nitrogen and oxygen atoms in total. The molecule has 2 atom stereocenters.